The van der Waals surface area contributed by atoms with E-state index in [1.54, 1.807) is 18.2 Å². The molecule has 3 rings (SSSR count). The largest absolute Gasteiger partial charge is 0.489 e. The Kier molecular flexibility index (Phi) is 3.13. The quantitative estimate of drug-likeness (QED) is 0.746. The van der Waals surface area contributed by atoms with Gasteiger partial charge in [0.2, 0.25) is 0 Å². The third kappa shape index (κ3) is 2.56. The molecule has 3 aromatic rings. The first-order valence-electron chi connectivity index (χ1n) is 5.86. The zero-order valence-corrected chi connectivity index (χ0v) is 10.7. The van der Waals surface area contributed by atoms with Crippen molar-refractivity contribution in [1.82, 2.24) is 4.98 Å². The van der Waals surface area contributed by atoms with Gasteiger partial charge in [-0.15, -0.1) is 0 Å². The SMILES string of the molecule is Fc1ccc2c(COc3ccc(Cl)cc3)c[nH]c2c1. The van der Waals surface area contributed by atoms with Crippen molar-refractivity contribution < 1.29 is 9.13 Å². The summed E-state index contributed by atoms with van der Waals surface area (Å²) in [5.41, 5.74) is 1.76. The van der Waals surface area contributed by atoms with Crippen LogP contribution in [0.25, 0.3) is 10.9 Å². The summed E-state index contributed by atoms with van der Waals surface area (Å²) in [6.07, 6.45) is 1.83. The molecule has 0 aliphatic rings. The molecule has 0 unspecified atom stereocenters. The number of fused-ring (bicyclic) bond motifs is 1. The molecule has 0 aliphatic heterocycles. The molecule has 0 aliphatic carbocycles. The number of halogens is 2. The zero-order valence-electron chi connectivity index (χ0n) is 9.99. The fourth-order valence-electron chi connectivity index (χ4n) is 1.97. The van der Waals surface area contributed by atoms with E-state index in [0.717, 1.165) is 22.2 Å². The summed E-state index contributed by atoms with van der Waals surface area (Å²) in [5.74, 6) is 0.500. The fraction of sp³-hybridized carbons (Fsp3) is 0.0667. The average Bonchev–Trinajstić information content (AvgIpc) is 2.80. The molecule has 1 aromatic heterocycles. The second-order valence-electron chi connectivity index (χ2n) is 4.25. The number of hydrogen-bond acceptors (Lipinski definition) is 1. The Morgan fingerprint density at radius 3 is 2.68 bits per heavy atom. The van der Waals surface area contributed by atoms with Crippen molar-refractivity contribution in [3.05, 3.63) is 65.1 Å². The molecule has 0 radical (unpaired) electrons. The molecule has 0 amide bonds. The van der Waals surface area contributed by atoms with Crippen LogP contribution in [-0.2, 0) is 6.61 Å². The number of hydrogen-bond donors (Lipinski definition) is 1. The first kappa shape index (κ1) is 12.1. The summed E-state index contributed by atoms with van der Waals surface area (Å²) in [6.45, 7) is 0.424. The van der Waals surface area contributed by atoms with Crippen molar-refractivity contribution in [3.63, 3.8) is 0 Å². The van der Waals surface area contributed by atoms with Crippen LogP contribution in [0, 0.1) is 5.82 Å². The van der Waals surface area contributed by atoms with E-state index in [2.05, 4.69) is 4.98 Å². The Balaban J connectivity index is 1.80. The number of H-pyrrole nitrogens is 1. The van der Waals surface area contributed by atoms with Crippen molar-refractivity contribution in [2.45, 2.75) is 6.61 Å². The molecule has 0 spiro atoms. The van der Waals surface area contributed by atoms with Gasteiger partial charge in [-0.25, -0.2) is 4.39 Å². The summed E-state index contributed by atoms with van der Waals surface area (Å²) in [6, 6.07) is 11.9. The average molecular weight is 276 g/mol. The molecule has 1 N–H and O–H groups in total. The molecule has 1 heterocycles. The van der Waals surface area contributed by atoms with E-state index in [0.29, 0.717) is 11.6 Å². The van der Waals surface area contributed by atoms with Crippen LogP contribution in [-0.4, -0.2) is 4.98 Å². The highest BCUT2D eigenvalue weighted by molar-refractivity contribution is 6.30. The van der Waals surface area contributed by atoms with Crippen LogP contribution in [0.4, 0.5) is 4.39 Å². The van der Waals surface area contributed by atoms with E-state index >= 15 is 0 Å². The summed E-state index contributed by atoms with van der Waals surface area (Å²) in [5, 5.41) is 1.64. The van der Waals surface area contributed by atoms with Gasteiger partial charge in [0.1, 0.15) is 18.2 Å². The first-order valence-corrected chi connectivity index (χ1v) is 6.24. The third-order valence-corrected chi connectivity index (χ3v) is 3.19. The smallest absolute Gasteiger partial charge is 0.125 e. The molecular weight excluding hydrogens is 265 g/mol. The monoisotopic (exact) mass is 275 g/mol. The first-order chi connectivity index (χ1) is 9.22. The van der Waals surface area contributed by atoms with Crippen LogP contribution in [0.2, 0.25) is 5.02 Å². The molecule has 2 nitrogen and oxygen atoms in total. The van der Waals surface area contributed by atoms with Crippen molar-refractivity contribution in [2.75, 3.05) is 0 Å². The highest BCUT2D eigenvalue weighted by Crippen LogP contribution is 2.22. The van der Waals surface area contributed by atoms with Crippen LogP contribution < -0.4 is 4.74 Å². The Morgan fingerprint density at radius 1 is 1.11 bits per heavy atom. The standard InChI is InChI=1S/C15H11ClFNO/c16-11-1-4-13(5-2-11)19-9-10-8-18-15-7-12(17)3-6-14(10)15/h1-8,18H,9H2. The summed E-state index contributed by atoms with van der Waals surface area (Å²) in [4.78, 5) is 3.03. The predicted molar refractivity (Wildman–Crippen MR) is 74.0 cm³/mol. The van der Waals surface area contributed by atoms with E-state index in [1.807, 2.05) is 18.3 Å². The van der Waals surface area contributed by atoms with Crippen LogP contribution >= 0.6 is 11.6 Å². The van der Waals surface area contributed by atoms with Crippen LogP contribution in [0.3, 0.4) is 0 Å². The second-order valence-corrected chi connectivity index (χ2v) is 4.68. The van der Waals surface area contributed by atoms with Crippen molar-refractivity contribution in [3.8, 4) is 5.75 Å². The maximum atomic E-state index is 13.1. The minimum atomic E-state index is -0.250. The lowest BCUT2D eigenvalue weighted by Gasteiger charge is -2.05. The highest BCUT2D eigenvalue weighted by Gasteiger charge is 2.05. The lowest BCUT2D eigenvalue weighted by atomic mass is 10.2. The third-order valence-electron chi connectivity index (χ3n) is 2.94. The number of aromatic amines is 1. The van der Waals surface area contributed by atoms with Crippen LogP contribution in [0.5, 0.6) is 5.75 Å². The number of ether oxygens (including phenoxy) is 1. The Hall–Kier alpha value is -2.00. The Bertz CT molecular complexity index is 706. The molecule has 2 aromatic carbocycles. The number of aromatic nitrogens is 1. The lowest BCUT2D eigenvalue weighted by molar-refractivity contribution is 0.307. The van der Waals surface area contributed by atoms with E-state index in [-0.39, 0.29) is 5.82 Å². The van der Waals surface area contributed by atoms with Crippen LogP contribution in [0.1, 0.15) is 5.56 Å². The van der Waals surface area contributed by atoms with Gasteiger partial charge in [-0.1, -0.05) is 11.6 Å². The molecule has 0 atom stereocenters. The maximum absolute atomic E-state index is 13.1. The molecular formula is C15H11ClFNO. The van der Waals surface area contributed by atoms with E-state index < -0.39 is 0 Å². The normalized spacial score (nSPS) is 10.8. The molecule has 0 saturated heterocycles. The summed E-state index contributed by atoms with van der Waals surface area (Å²) >= 11 is 5.81. The highest BCUT2D eigenvalue weighted by atomic mass is 35.5. The molecule has 96 valence electrons. The molecule has 0 fully saturated rings. The van der Waals surface area contributed by atoms with Crippen molar-refractivity contribution >= 4 is 22.5 Å². The van der Waals surface area contributed by atoms with Gasteiger partial charge in [0.15, 0.2) is 0 Å². The number of benzene rings is 2. The number of rotatable bonds is 3. The van der Waals surface area contributed by atoms with Gasteiger partial charge in [0.05, 0.1) is 0 Å². The lowest BCUT2D eigenvalue weighted by Crippen LogP contribution is -1.94. The van der Waals surface area contributed by atoms with Gasteiger partial charge < -0.3 is 9.72 Å². The topological polar surface area (TPSA) is 25.0 Å². The molecule has 19 heavy (non-hydrogen) atoms. The fourth-order valence-corrected chi connectivity index (χ4v) is 2.10. The zero-order chi connectivity index (χ0) is 13.2. The van der Waals surface area contributed by atoms with E-state index in [4.69, 9.17) is 16.3 Å². The van der Waals surface area contributed by atoms with Gasteiger partial charge in [0.25, 0.3) is 0 Å². The predicted octanol–water partition coefficient (Wildman–Crippen LogP) is 4.54. The Morgan fingerprint density at radius 2 is 1.89 bits per heavy atom. The maximum Gasteiger partial charge on any atom is 0.125 e. The van der Waals surface area contributed by atoms with Gasteiger partial charge in [0, 0.05) is 27.7 Å². The molecule has 0 bridgehead atoms. The molecule has 0 saturated carbocycles. The molecule has 4 heteroatoms. The van der Waals surface area contributed by atoms with Crippen molar-refractivity contribution in [1.29, 1.82) is 0 Å². The minimum Gasteiger partial charge on any atom is -0.489 e. The van der Waals surface area contributed by atoms with E-state index in [1.165, 1.54) is 12.1 Å². The van der Waals surface area contributed by atoms with Gasteiger partial charge >= 0.3 is 0 Å². The van der Waals surface area contributed by atoms with Gasteiger partial charge in [-0.2, -0.15) is 0 Å². The van der Waals surface area contributed by atoms with Gasteiger partial charge in [-0.05, 0) is 42.5 Å². The van der Waals surface area contributed by atoms with Crippen molar-refractivity contribution in [2.24, 2.45) is 0 Å². The van der Waals surface area contributed by atoms with Gasteiger partial charge in [-0.3, -0.25) is 0 Å². The Labute approximate surface area is 114 Å². The van der Waals surface area contributed by atoms with E-state index in [9.17, 15) is 4.39 Å². The van der Waals surface area contributed by atoms with Crippen LogP contribution in [0.15, 0.2) is 48.7 Å². The minimum absolute atomic E-state index is 0.250. The summed E-state index contributed by atoms with van der Waals surface area (Å²) in [7, 11) is 0. The summed E-state index contributed by atoms with van der Waals surface area (Å²) < 4.78 is 18.7. The second kappa shape index (κ2) is 4.94. The number of nitrogens with one attached hydrogen (secondary N) is 1.